The van der Waals surface area contributed by atoms with Crippen molar-refractivity contribution in [2.24, 2.45) is 0 Å². The van der Waals surface area contributed by atoms with E-state index in [4.69, 9.17) is 10.5 Å². The third-order valence-electron chi connectivity index (χ3n) is 2.81. The molecule has 0 fully saturated rings. The molecule has 1 atom stereocenters. The van der Waals surface area contributed by atoms with E-state index in [1.54, 1.807) is 0 Å². The summed E-state index contributed by atoms with van der Waals surface area (Å²) in [7, 11) is 1.43. The number of anilines is 1. The van der Waals surface area contributed by atoms with Crippen LogP contribution >= 0.6 is 0 Å². The molecular formula is C14H22BN2O2. The molecule has 103 valence electrons. The molecule has 1 aromatic rings. The average molecular weight is 261 g/mol. The molecule has 5 heteroatoms. The zero-order valence-corrected chi connectivity index (χ0v) is 11.8. The van der Waals surface area contributed by atoms with Gasteiger partial charge in [-0.3, -0.25) is 0 Å². The average Bonchev–Trinajstić information content (AvgIpc) is 2.37. The monoisotopic (exact) mass is 261 g/mol. The third-order valence-corrected chi connectivity index (χ3v) is 2.81. The molecule has 0 aliphatic rings. The number of ether oxygens (including phenoxy) is 1. The third kappa shape index (κ3) is 5.34. The first-order chi connectivity index (χ1) is 9.06. The van der Waals surface area contributed by atoms with Crippen molar-refractivity contribution in [2.75, 3.05) is 5.73 Å². The lowest BCUT2D eigenvalue weighted by Gasteiger charge is -2.19. The molecule has 0 saturated carbocycles. The van der Waals surface area contributed by atoms with Gasteiger partial charge < -0.3 is 20.5 Å². The van der Waals surface area contributed by atoms with Crippen LogP contribution in [0.5, 0.6) is 5.75 Å². The minimum absolute atomic E-state index is 0.122. The lowest BCUT2D eigenvalue weighted by Crippen LogP contribution is -2.34. The van der Waals surface area contributed by atoms with Gasteiger partial charge in [-0.1, -0.05) is 6.92 Å². The Kier molecular flexibility index (Phi) is 6.43. The Morgan fingerprint density at radius 3 is 2.79 bits per heavy atom. The Bertz CT molecular complexity index is 410. The molecule has 3 N–H and O–H groups in total. The van der Waals surface area contributed by atoms with Gasteiger partial charge in [-0.15, -0.1) is 0 Å². The van der Waals surface area contributed by atoms with Gasteiger partial charge >= 0.3 is 0 Å². The molecule has 0 amide bonds. The second-order valence-electron chi connectivity index (χ2n) is 4.81. The Balaban J connectivity index is 2.83. The second kappa shape index (κ2) is 7.84. The number of carbonyl (C=O) groups excluding carboxylic acids is 1. The maximum atomic E-state index is 10.4. The lowest BCUT2D eigenvalue weighted by molar-refractivity contribution is 0.239. The van der Waals surface area contributed by atoms with Crippen molar-refractivity contribution in [1.29, 1.82) is 0 Å². The standard InChI is InChI=1S/C14H22BN2O2/c1-4-13(17-15-9-18)8-11-7-12(16)5-6-14(11)19-10(2)3/h5-7,9-10,13,17H,4,8,16H2,1-3H3/t13-/m1/s1. The molecule has 0 aliphatic heterocycles. The molecule has 1 rings (SSSR count). The fourth-order valence-corrected chi connectivity index (χ4v) is 1.89. The van der Waals surface area contributed by atoms with Crippen LogP contribution in [0.25, 0.3) is 0 Å². The van der Waals surface area contributed by atoms with Crippen molar-refractivity contribution in [1.82, 2.24) is 5.23 Å². The van der Waals surface area contributed by atoms with Gasteiger partial charge in [0, 0.05) is 11.7 Å². The van der Waals surface area contributed by atoms with Gasteiger partial charge in [-0.05, 0) is 50.5 Å². The van der Waals surface area contributed by atoms with Crippen molar-refractivity contribution in [3.05, 3.63) is 23.8 Å². The maximum Gasteiger partial charge on any atom is 0.290 e. The molecular weight excluding hydrogens is 239 g/mol. The Hall–Kier alpha value is -1.49. The van der Waals surface area contributed by atoms with Gasteiger partial charge in [0.15, 0.2) is 0 Å². The van der Waals surface area contributed by atoms with Gasteiger partial charge in [-0.2, -0.15) is 0 Å². The summed E-state index contributed by atoms with van der Waals surface area (Å²) in [5.41, 5.74) is 7.62. The Morgan fingerprint density at radius 1 is 1.47 bits per heavy atom. The predicted molar refractivity (Wildman–Crippen MR) is 80.0 cm³/mol. The molecule has 19 heavy (non-hydrogen) atoms. The van der Waals surface area contributed by atoms with E-state index in [0.717, 1.165) is 36.0 Å². The zero-order chi connectivity index (χ0) is 14.3. The molecule has 0 unspecified atom stereocenters. The number of nitrogen functional groups attached to an aromatic ring is 1. The van der Waals surface area contributed by atoms with Gasteiger partial charge in [-0.25, -0.2) is 0 Å². The molecule has 0 aliphatic carbocycles. The number of nitrogens with two attached hydrogens (primary N) is 1. The minimum Gasteiger partial charge on any atom is -0.491 e. The minimum atomic E-state index is 0.122. The number of benzene rings is 1. The summed E-state index contributed by atoms with van der Waals surface area (Å²) in [6.07, 6.45) is 2.57. The van der Waals surface area contributed by atoms with Crippen molar-refractivity contribution < 1.29 is 9.53 Å². The van der Waals surface area contributed by atoms with E-state index in [0.29, 0.717) is 0 Å². The molecule has 1 radical (unpaired) electrons. The van der Waals surface area contributed by atoms with Crippen LogP contribution in [0.4, 0.5) is 5.69 Å². The highest BCUT2D eigenvalue weighted by Crippen LogP contribution is 2.24. The first-order valence-electron chi connectivity index (χ1n) is 6.64. The van der Waals surface area contributed by atoms with Gasteiger partial charge in [0.05, 0.1) is 12.3 Å². The van der Waals surface area contributed by atoms with E-state index in [1.807, 2.05) is 32.0 Å². The predicted octanol–water partition coefficient (Wildman–Crippen LogP) is 1.78. The summed E-state index contributed by atoms with van der Waals surface area (Å²) in [5.74, 6) is 0.857. The number of carbonyl (C=O) groups is 1. The molecule has 0 bridgehead atoms. The summed E-state index contributed by atoms with van der Waals surface area (Å²) in [4.78, 5) is 10.4. The summed E-state index contributed by atoms with van der Waals surface area (Å²) < 4.78 is 5.79. The van der Waals surface area contributed by atoms with Crippen LogP contribution in [-0.4, -0.2) is 25.7 Å². The number of hydrogen-bond acceptors (Lipinski definition) is 4. The molecule has 1 aromatic carbocycles. The number of nitrogens with one attached hydrogen (secondary N) is 1. The van der Waals surface area contributed by atoms with Crippen LogP contribution in [0, 0.1) is 0 Å². The Labute approximate surface area is 116 Å². The second-order valence-corrected chi connectivity index (χ2v) is 4.81. The molecule has 4 nitrogen and oxygen atoms in total. The van der Waals surface area contributed by atoms with Crippen LogP contribution < -0.4 is 15.7 Å². The first-order valence-corrected chi connectivity index (χ1v) is 6.64. The van der Waals surface area contributed by atoms with Gasteiger partial charge in [0.2, 0.25) is 0 Å². The van der Waals surface area contributed by atoms with E-state index in [9.17, 15) is 4.79 Å². The normalized spacial score (nSPS) is 12.2. The summed E-state index contributed by atoms with van der Waals surface area (Å²) in [6, 6.07) is 5.87. The number of hydrogen-bond donors (Lipinski definition) is 2. The van der Waals surface area contributed by atoms with E-state index >= 15 is 0 Å². The van der Waals surface area contributed by atoms with Crippen LogP contribution in [0.2, 0.25) is 0 Å². The van der Waals surface area contributed by atoms with E-state index in [-0.39, 0.29) is 12.1 Å². The highest BCUT2D eigenvalue weighted by molar-refractivity contribution is 6.64. The van der Waals surface area contributed by atoms with Crippen LogP contribution in [0.1, 0.15) is 32.8 Å². The highest BCUT2D eigenvalue weighted by Gasteiger charge is 2.12. The van der Waals surface area contributed by atoms with Crippen LogP contribution in [0.15, 0.2) is 18.2 Å². The lowest BCUT2D eigenvalue weighted by atomic mass is 9.92. The number of rotatable bonds is 8. The van der Waals surface area contributed by atoms with Gasteiger partial charge in [0.1, 0.15) is 5.75 Å². The van der Waals surface area contributed by atoms with Crippen molar-refractivity contribution in [2.45, 2.75) is 45.8 Å². The molecule has 0 aromatic heterocycles. The maximum absolute atomic E-state index is 10.4. The van der Waals surface area contributed by atoms with Crippen molar-refractivity contribution in [3.63, 3.8) is 0 Å². The fourth-order valence-electron chi connectivity index (χ4n) is 1.89. The smallest absolute Gasteiger partial charge is 0.290 e. The fraction of sp³-hybridized carbons (Fsp3) is 0.500. The largest absolute Gasteiger partial charge is 0.491 e. The molecule has 0 heterocycles. The summed E-state index contributed by atoms with van der Waals surface area (Å²) >= 11 is 0. The summed E-state index contributed by atoms with van der Waals surface area (Å²) in [6.45, 7) is 6.07. The topological polar surface area (TPSA) is 64.3 Å². The SMILES string of the molecule is CC[C@H](Cc1cc(N)ccc1OC(C)C)N[B]C=O. The van der Waals surface area contributed by atoms with E-state index in [2.05, 4.69) is 12.2 Å². The van der Waals surface area contributed by atoms with Gasteiger partial charge in [0.25, 0.3) is 7.41 Å². The molecule has 0 spiro atoms. The van der Waals surface area contributed by atoms with Crippen LogP contribution in [-0.2, 0) is 11.2 Å². The van der Waals surface area contributed by atoms with Crippen molar-refractivity contribution in [3.8, 4) is 5.75 Å². The first kappa shape index (κ1) is 15.6. The Morgan fingerprint density at radius 2 is 2.21 bits per heavy atom. The van der Waals surface area contributed by atoms with Crippen molar-refractivity contribution >= 4 is 19.3 Å². The molecule has 0 saturated heterocycles. The van der Waals surface area contributed by atoms with E-state index in [1.165, 1.54) is 7.41 Å². The van der Waals surface area contributed by atoms with Crippen LogP contribution in [0.3, 0.4) is 0 Å². The van der Waals surface area contributed by atoms with E-state index < -0.39 is 0 Å². The highest BCUT2D eigenvalue weighted by atomic mass is 16.5. The summed E-state index contributed by atoms with van der Waals surface area (Å²) in [5, 5.41) is 3.08. The quantitative estimate of drug-likeness (QED) is 0.425. The zero-order valence-electron chi connectivity index (χ0n) is 11.8.